The number of rotatable bonds is 5. The van der Waals surface area contributed by atoms with Gasteiger partial charge in [0.1, 0.15) is 11.3 Å². The molecule has 6 nitrogen and oxygen atoms in total. The molecule has 2 N–H and O–H groups in total. The number of hydrogen-bond donors (Lipinski definition) is 2. The monoisotopic (exact) mass is 374 g/mol. The fourth-order valence-electron chi connectivity index (χ4n) is 2.87. The fraction of sp³-hybridized carbons (Fsp3) is 0.0909. The molecule has 2 aromatic heterocycles. The summed E-state index contributed by atoms with van der Waals surface area (Å²) in [5.41, 5.74) is 1.84. The van der Waals surface area contributed by atoms with Gasteiger partial charge in [-0.3, -0.25) is 9.59 Å². The zero-order valence-corrected chi connectivity index (χ0v) is 15.1. The van der Waals surface area contributed by atoms with Crippen molar-refractivity contribution in [3.63, 3.8) is 0 Å². The molecule has 2 heterocycles. The van der Waals surface area contributed by atoms with E-state index >= 15 is 0 Å². The molecule has 2 aromatic carbocycles. The first-order valence-corrected chi connectivity index (χ1v) is 8.84. The van der Waals surface area contributed by atoms with Gasteiger partial charge in [-0.25, -0.2) is 0 Å². The van der Waals surface area contributed by atoms with Crippen LogP contribution in [0.15, 0.2) is 81.8 Å². The van der Waals surface area contributed by atoms with Crippen molar-refractivity contribution in [3.8, 4) is 0 Å². The van der Waals surface area contributed by atoms with E-state index in [4.69, 9.17) is 8.83 Å². The van der Waals surface area contributed by atoms with E-state index in [9.17, 15) is 9.59 Å². The molecule has 0 saturated heterocycles. The molecular weight excluding hydrogens is 356 g/mol. The van der Waals surface area contributed by atoms with Gasteiger partial charge in [0, 0.05) is 16.6 Å². The molecule has 4 rings (SSSR count). The molecular formula is C22H18N2O4. The van der Waals surface area contributed by atoms with Crippen LogP contribution in [0.25, 0.3) is 11.0 Å². The lowest BCUT2D eigenvalue weighted by Gasteiger charge is -2.12. The minimum absolute atomic E-state index is 0.224. The topological polar surface area (TPSA) is 84.5 Å². The van der Waals surface area contributed by atoms with Crippen molar-refractivity contribution in [2.45, 2.75) is 13.0 Å². The smallest absolute Gasteiger partial charge is 0.291 e. The van der Waals surface area contributed by atoms with Gasteiger partial charge in [-0.05, 0) is 55.5 Å². The second-order valence-corrected chi connectivity index (χ2v) is 6.39. The Bertz CT molecular complexity index is 1080. The van der Waals surface area contributed by atoms with Gasteiger partial charge in [0.2, 0.25) is 0 Å². The van der Waals surface area contributed by atoms with Gasteiger partial charge >= 0.3 is 0 Å². The summed E-state index contributed by atoms with van der Waals surface area (Å²) in [5, 5.41) is 6.63. The summed E-state index contributed by atoms with van der Waals surface area (Å²) >= 11 is 0. The van der Waals surface area contributed by atoms with E-state index in [-0.39, 0.29) is 23.6 Å². The zero-order chi connectivity index (χ0) is 19.5. The third-order valence-electron chi connectivity index (χ3n) is 4.37. The SMILES string of the molecule is C[C@@H](NC(=O)c1ccc(NC(=O)c2ccco2)cc1)c1cc2ccccc2o1. The molecule has 2 amide bonds. The van der Waals surface area contributed by atoms with Gasteiger partial charge in [0.25, 0.3) is 11.8 Å². The Kier molecular flexibility index (Phi) is 4.68. The van der Waals surface area contributed by atoms with E-state index in [1.54, 1.807) is 36.4 Å². The second kappa shape index (κ2) is 7.44. The van der Waals surface area contributed by atoms with Crippen LogP contribution in [0.2, 0.25) is 0 Å². The summed E-state index contributed by atoms with van der Waals surface area (Å²) in [6.45, 7) is 1.87. The summed E-state index contributed by atoms with van der Waals surface area (Å²) in [4.78, 5) is 24.5. The van der Waals surface area contributed by atoms with E-state index in [0.29, 0.717) is 17.0 Å². The predicted molar refractivity (Wildman–Crippen MR) is 105 cm³/mol. The minimum Gasteiger partial charge on any atom is -0.459 e. The largest absolute Gasteiger partial charge is 0.459 e. The van der Waals surface area contributed by atoms with Crippen molar-refractivity contribution >= 4 is 28.5 Å². The highest BCUT2D eigenvalue weighted by atomic mass is 16.3. The predicted octanol–water partition coefficient (Wildman–Crippen LogP) is 4.77. The lowest BCUT2D eigenvalue weighted by atomic mass is 10.1. The number of para-hydroxylation sites is 1. The molecule has 0 unspecified atom stereocenters. The first-order valence-electron chi connectivity index (χ1n) is 8.84. The Labute approximate surface area is 161 Å². The molecule has 1 atom stereocenters. The third kappa shape index (κ3) is 3.66. The van der Waals surface area contributed by atoms with Crippen LogP contribution >= 0.6 is 0 Å². The van der Waals surface area contributed by atoms with E-state index < -0.39 is 0 Å². The van der Waals surface area contributed by atoms with Crippen LogP contribution in [0.3, 0.4) is 0 Å². The number of carbonyl (C=O) groups excluding carboxylic acids is 2. The second-order valence-electron chi connectivity index (χ2n) is 6.39. The van der Waals surface area contributed by atoms with E-state index in [1.165, 1.54) is 6.26 Å². The van der Waals surface area contributed by atoms with E-state index in [1.807, 2.05) is 37.3 Å². The standard InChI is InChI=1S/C22H18N2O4/c1-14(20-13-16-5-2-3-6-18(16)28-20)23-21(25)15-8-10-17(11-9-15)24-22(26)19-7-4-12-27-19/h2-14H,1H3,(H,23,25)(H,24,26)/t14-/m1/s1. The molecule has 0 fully saturated rings. The number of furan rings is 2. The number of anilines is 1. The van der Waals surface area contributed by atoms with Crippen LogP contribution in [0, 0.1) is 0 Å². The summed E-state index contributed by atoms with van der Waals surface area (Å²) in [7, 11) is 0. The van der Waals surface area contributed by atoms with Crippen molar-refractivity contribution in [1.29, 1.82) is 0 Å². The molecule has 0 bridgehead atoms. The molecule has 28 heavy (non-hydrogen) atoms. The maximum absolute atomic E-state index is 12.5. The van der Waals surface area contributed by atoms with Crippen molar-refractivity contribution < 1.29 is 18.4 Å². The average Bonchev–Trinajstić information content (AvgIpc) is 3.38. The minimum atomic E-state index is -0.347. The summed E-state index contributed by atoms with van der Waals surface area (Å²) in [6.07, 6.45) is 1.44. The van der Waals surface area contributed by atoms with Crippen molar-refractivity contribution in [2.75, 3.05) is 5.32 Å². The van der Waals surface area contributed by atoms with E-state index in [2.05, 4.69) is 10.6 Å². The number of benzene rings is 2. The summed E-state index contributed by atoms with van der Waals surface area (Å²) in [6, 6.07) is 19.2. The lowest BCUT2D eigenvalue weighted by molar-refractivity contribution is 0.0935. The molecule has 0 aliphatic heterocycles. The van der Waals surface area contributed by atoms with Crippen molar-refractivity contribution in [3.05, 3.63) is 90.1 Å². The third-order valence-corrected chi connectivity index (χ3v) is 4.37. The molecule has 140 valence electrons. The number of amides is 2. The van der Waals surface area contributed by atoms with Gasteiger partial charge in [-0.2, -0.15) is 0 Å². The fourth-order valence-corrected chi connectivity index (χ4v) is 2.87. The van der Waals surface area contributed by atoms with Crippen molar-refractivity contribution in [2.24, 2.45) is 0 Å². The van der Waals surface area contributed by atoms with Crippen LogP contribution in [-0.2, 0) is 0 Å². The first kappa shape index (κ1) is 17.6. The zero-order valence-electron chi connectivity index (χ0n) is 15.1. The Morgan fingerprint density at radius 2 is 1.71 bits per heavy atom. The molecule has 6 heteroatoms. The molecule has 4 aromatic rings. The van der Waals surface area contributed by atoms with Crippen LogP contribution in [0.1, 0.15) is 39.6 Å². The number of fused-ring (bicyclic) bond motifs is 1. The lowest BCUT2D eigenvalue weighted by Crippen LogP contribution is -2.26. The van der Waals surface area contributed by atoms with Gasteiger partial charge < -0.3 is 19.5 Å². The van der Waals surface area contributed by atoms with E-state index in [0.717, 1.165) is 11.0 Å². The number of nitrogens with one attached hydrogen (secondary N) is 2. The van der Waals surface area contributed by atoms with Gasteiger partial charge in [0.05, 0.1) is 12.3 Å². The van der Waals surface area contributed by atoms with Gasteiger partial charge in [-0.15, -0.1) is 0 Å². The molecule has 0 radical (unpaired) electrons. The van der Waals surface area contributed by atoms with Gasteiger partial charge in [-0.1, -0.05) is 18.2 Å². The Balaban J connectivity index is 1.41. The summed E-state index contributed by atoms with van der Waals surface area (Å²) in [5.74, 6) is 0.343. The van der Waals surface area contributed by atoms with Crippen molar-refractivity contribution in [1.82, 2.24) is 5.32 Å². The van der Waals surface area contributed by atoms with Crippen LogP contribution in [0.4, 0.5) is 5.69 Å². The Morgan fingerprint density at radius 1 is 0.929 bits per heavy atom. The van der Waals surface area contributed by atoms with Gasteiger partial charge in [0.15, 0.2) is 5.76 Å². The molecule has 0 spiro atoms. The highest BCUT2D eigenvalue weighted by Crippen LogP contribution is 2.24. The molecule has 0 saturated carbocycles. The number of carbonyl (C=O) groups is 2. The normalized spacial score (nSPS) is 11.9. The van der Waals surface area contributed by atoms with Crippen LogP contribution in [0.5, 0.6) is 0 Å². The number of hydrogen-bond acceptors (Lipinski definition) is 4. The first-order chi connectivity index (χ1) is 13.6. The Morgan fingerprint density at radius 3 is 2.43 bits per heavy atom. The Hall–Kier alpha value is -3.80. The average molecular weight is 374 g/mol. The summed E-state index contributed by atoms with van der Waals surface area (Å²) < 4.78 is 10.8. The highest BCUT2D eigenvalue weighted by molar-refractivity contribution is 6.02. The highest BCUT2D eigenvalue weighted by Gasteiger charge is 2.16. The maximum atomic E-state index is 12.5. The van der Waals surface area contributed by atoms with Crippen LogP contribution < -0.4 is 10.6 Å². The maximum Gasteiger partial charge on any atom is 0.291 e. The molecule has 0 aliphatic carbocycles. The molecule has 0 aliphatic rings. The van der Waals surface area contributed by atoms with Crippen LogP contribution in [-0.4, -0.2) is 11.8 Å². The quantitative estimate of drug-likeness (QED) is 0.527.